The van der Waals surface area contributed by atoms with Gasteiger partial charge in [0.1, 0.15) is 5.82 Å². The maximum absolute atomic E-state index is 12.1. The summed E-state index contributed by atoms with van der Waals surface area (Å²) >= 11 is 6.00. The van der Waals surface area contributed by atoms with Crippen molar-refractivity contribution >= 4 is 23.1 Å². The Balaban J connectivity index is 2.06. The molecule has 1 aromatic carbocycles. The van der Waals surface area contributed by atoms with E-state index in [-0.39, 0.29) is 5.91 Å². The van der Waals surface area contributed by atoms with E-state index in [1.165, 1.54) is 0 Å². The minimum absolute atomic E-state index is 0.155. The van der Waals surface area contributed by atoms with Crippen LogP contribution >= 0.6 is 11.6 Å². The quantitative estimate of drug-likeness (QED) is 0.862. The zero-order valence-electron chi connectivity index (χ0n) is 12.9. The van der Waals surface area contributed by atoms with E-state index in [9.17, 15) is 4.79 Å². The molecule has 0 aliphatic heterocycles. The van der Waals surface area contributed by atoms with E-state index in [4.69, 9.17) is 11.6 Å². The van der Waals surface area contributed by atoms with Crippen molar-refractivity contribution in [2.24, 2.45) is 7.05 Å². The highest BCUT2D eigenvalue weighted by Crippen LogP contribution is 2.21. The minimum atomic E-state index is -0.155. The van der Waals surface area contributed by atoms with Crippen molar-refractivity contribution in [1.29, 1.82) is 0 Å². The van der Waals surface area contributed by atoms with Crippen molar-refractivity contribution in [3.63, 3.8) is 0 Å². The van der Waals surface area contributed by atoms with E-state index in [0.29, 0.717) is 11.6 Å². The Hall–Kier alpha value is -2.14. The number of aromatic nitrogens is 3. The summed E-state index contributed by atoms with van der Waals surface area (Å²) in [6, 6.07) is 7.49. The van der Waals surface area contributed by atoms with E-state index in [1.54, 1.807) is 6.08 Å². The molecule has 22 heavy (non-hydrogen) atoms. The summed E-state index contributed by atoms with van der Waals surface area (Å²) in [4.78, 5) is 12.1. The second kappa shape index (κ2) is 7.22. The summed E-state index contributed by atoms with van der Waals surface area (Å²) in [5, 5.41) is 11.5. The molecule has 1 heterocycles. The lowest BCUT2D eigenvalue weighted by Gasteiger charge is -2.07. The summed E-state index contributed by atoms with van der Waals surface area (Å²) < 4.78 is 1.85. The Morgan fingerprint density at radius 3 is 2.77 bits per heavy atom. The molecule has 0 aliphatic carbocycles. The number of nitrogens with zero attached hydrogens (tertiary/aromatic N) is 3. The molecule has 0 saturated carbocycles. The number of benzene rings is 1. The molecule has 1 aromatic heterocycles. The van der Waals surface area contributed by atoms with Gasteiger partial charge in [-0.2, -0.15) is 0 Å². The Bertz CT molecular complexity index is 706. The fourth-order valence-electron chi connectivity index (χ4n) is 2.06. The number of nitrogens with one attached hydrogen (secondary N) is 1. The Labute approximate surface area is 135 Å². The topological polar surface area (TPSA) is 59.8 Å². The summed E-state index contributed by atoms with van der Waals surface area (Å²) in [5.41, 5.74) is 1.90. The van der Waals surface area contributed by atoms with Crippen LogP contribution < -0.4 is 5.32 Å². The lowest BCUT2D eigenvalue weighted by molar-refractivity contribution is -0.116. The zero-order chi connectivity index (χ0) is 16.1. The summed E-state index contributed by atoms with van der Waals surface area (Å²) in [6.07, 6.45) is 2.35. The van der Waals surface area contributed by atoms with Gasteiger partial charge >= 0.3 is 0 Å². The maximum atomic E-state index is 12.1. The molecular weight excluding hydrogens is 300 g/mol. The molecule has 0 spiro atoms. The number of allylic oxidation sites excluding steroid dienone is 1. The first-order valence-corrected chi connectivity index (χ1v) is 7.48. The largest absolute Gasteiger partial charge is 0.345 e. The number of rotatable bonds is 5. The zero-order valence-corrected chi connectivity index (χ0v) is 13.7. The average molecular weight is 319 g/mol. The van der Waals surface area contributed by atoms with E-state index in [0.717, 1.165) is 29.2 Å². The fraction of sp³-hybridized carbons (Fsp3) is 0.312. The monoisotopic (exact) mass is 318 g/mol. The summed E-state index contributed by atoms with van der Waals surface area (Å²) in [7, 11) is 1.87. The molecule has 6 heteroatoms. The molecule has 0 unspecified atom stereocenters. The predicted molar refractivity (Wildman–Crippen MR) is 87.3 cm³/mol. The molecule has 116 valence electrons. The molecule has 0 radical (unpaired) electrons. The third-order valence-corrected chi connectivity index (χ3v) is 3.72. The highest BCUT2D eigenvalue weighted by atomic mass is 35.5. The number of halogens is 1. The smallest absolute Gasteiger partial charge is 0.244 e. The first kappa shape index (κ1) is 16.2. The lowest BCUT2D eigenvalue weighted by Crippen LogP contribution is -2.22. The van der Waals surface area contributed by atoms with Gasteiger partial charge in [-0.05, 0) is 36.6 Å². The van der Waals surface area contributed by atoms with Crippen LogP contribution in [0.25, 0.3) is 5.57 Å². The normalized spacial score (nSPS) is 11.5. The van der Waals surface area contributed by atoms with Crippen molar-refractivity contribution in [2.45, 2.75) is 26.8 Å². The number of amides is 1. The van der Waals surface area contributed by atoms with Crippen LogP contribution in [0.3, 0.4) is 0 Å². The van der Waals surface area contributed by atoms with Crippen molar-refractivity contribution in [3.05, 3.63) is 52.6 Å². The van der Waals surface area contributed by atoms with Crippen LogP contribution in [0.15, 0.2) is 30.3 Å². The van der Waals surface area contributed by atoms with Gasteiger partial charge in [-0.1, -0.05) is 30.7 Å². The van der Waals surface area contributed by atoms with Gasteiger partial charge in [-0.25, -0.2) is 0 Å². The van der Waals surface area contributed by atoms with Gasteiger partial charge in [0.2, 0.25) is 5.91 Å². The highest BCUT2D eigenvalue weighted by molar-refractivity contribution is 6.30. The molecule has 0 atom stereocenters. The second-order valence-electron chi connectivity index (χ2n) is 4.97. The molecule has 2 rings (SSSR count). The molecule has 0 fully saturated rings. The lowest BCUT2D eigenvalue weighted by atomic mass is 10.0. The van der Waals surface area contributed by atoms with Gasteiger partial charge in [0.15, 0.2) is 5.82 Å². The third-order valence-electron chi connectivity index (χ3n) is 3.49. The van der Waals surface area contributed by atoms with E-state index in [2.05, 4.69) is 15.5 Å². The predicted octanol–water partition coefficient (Wildman–Crippen LogP) is 2.89. The van der Waals surface area contributed by atoms with Crippen LogP contribution in [0.2, 0.25) is 5.02 Å². The Morgan fingerprint density at radius 2 is 2.18 bits per heavy atom. The molecule has 0 saturated heterocycles. The molecule has 0 aliphatic rings. The molecule has 1 amide bonds. The van der Waals surface area contributed by atoms with E-state index < -0.39 is 0 Å². The summed E-state index contributed by atoms with van der Waals surface area (Å²) in [6.45, 7) is 4.22. The van der Waals surface area contributed by atoms with Crippen molar-refractivity contribution in [1.82, 2.24) is 20.1 Å². The number of carbonyl (C=O) groups is 1. The SMILES string of the molecule is CCC(=CC(=O)NCc1nnc(C)n1C)c1cccc(Cl)c1. The number of hydrogen-bond acceptors (Lipinski definition) is 3. The van der Waals surface area contributed by atoms with Crippen LogP contribution in [0.1, 0.15) is 30.6 Å². The van der Waals surface area contributed by atoms with Gasteiger partial charge in [-0.15, -0.1) is 10.2 Å². The van der Waals surface area contributed by atoms with Gasteiger partial charge < -0.3 is 9.88 Å². The van der Waals surface area contributed by atoms with Crippen molar-refractivity contribution in [2.75, 3.05) is 0 Å². The van der Waals surface area contributed by atoms with Gasteiger partial charge in [0.05, 0.1) is 6.54 Å². The molecule has 2 aromatic rings. The first-order chi connectivity index (χ1) is 10.5. The third kappa shape index (κ3) is 3.95. The van der Waals surface area contributed by atoms with Crippen LogP contribution in [0.5, 0.6) is 0 Å². The standard InChI is InChI=1S/C16H19ClN4O/c1-4-12(13-6-5-7-14(17)8-13)9-16(22)18-10-15-20-19-11(2)21(15)3/h5-9H,4,10H2,1-3H3,(H,18,22). The molecular formula is C16H19ClN4O. The van der Waals surface area contributed by atoms with Crippen LogP contribution in [0.4, 0.5) is 0 Å². The van der Waals surface area contributed by atoms with Gasteiger partial charge in [0.25, 0.3) is 0 Å². The van der Waals surface area contributed by atoms with Crippen LogP contribution in [0, 0.1) is 6.92 Å². The number of carbonyl (C=O) groups excluding carboxylic acids is 1. The molecule has 5 nitrogen and oxygen atoms in total. The average Bonchev–Trinajstić information content (AvgIpc) is 2.82. The van der Waals surface area contributed by atoms with Gasteiger partial charge in [0, 0.05) is 18.1 Å². The van der Waals surface area contributed by atoms with E-state index >= 15 is 0 Å². The fourth-order valence-corrected chi connectivity index (χ4v) is 2.25. The maximum Gasteiger partial charge on any atom is 0.244 e. The molecule has 0 bridgehead atoms. The number of aryl methyl sites for hydroxylation is 1. The molecule has 1 N–H and O–H groups in total. The summed E-state index contributed by atoms with van der Waals surface area (Å²) in [5.74, 6) is 1.38. The minimum Gasteiger partial charge on any atom is -0.345 e. The Kier molecular flexibility index (Phi) is 5.33. The van der Waals surface area contributed by atoms with Crippen molar-refractivity contribution < 1.29 is 4.79 Å². The first-order valence-electron chi connectivity index (χ1n) is 7.10. The number of hydrogen-bond donors (Lipinski definition) is 1. The van der Waals surface area contributed by atoms with E-state index in [1.807, 2.05) is 49.7 Å². The van der Waals surface area contributed by atoms with Crippen LogP contribution in [-0.2, 0) is 18.4 Å². The highest BCUT2D eigenvalue weighted by Gasteiger charge is 2.07. The van der Waals surface area contributed by atoms with Crippen LogP contribution in [-0.4, -0.2) is 20.7 Å². The second-order valence-corrected chi connectivity index (χ2v) is 5.41. The van der Waals surface area contributed by atoms with Crippen molar-refractivity contribution in [3.8, 4) is 0 Å². The Morgan fingerprint density at radius 1 is 1.41 bits per heavy atom. The van der Waals surface area contributed by atoms with Gasteiger partial charge in [-0.3, -0.25) is 4.79 Å².